The molecule has 1 saturated carbocycles. The van der Waals surface area contributed by atoms with Gasteiger partial charge in [-0.05, 0) is 44.0 Å². The van der Waals surface area contributed by atoms with Gasteiger partial charge in [-0.15, -0.1) is 0 Å². The van der Waals surface area contributed by atoms with Crippen LogP contribution in [0.4, 0.5) is 0 Å². The predicted octanol–water partition coefficient (Wildman–Crippen LogP) is 0.558. The number of aryl methyl sites for hydroxylation is 2. The van der Waals surface area contributed by atoms with E-state index in [2.05, 4.69) is 14.9 Å². The average Bonchev–Trinajstić information content (AvgIpc) is 3.31. The van der Waals surface area contributed by atoms with Crippen molar-refractivity contribution in [2.24, 2.45) is 14.1 Å². The Hall–Kier alpha value is -3.51. The topological polar surface area (TPSA) is 126 Å². The molecule has 1 N–H and O–H groups in total. The molecule has 5 rings (SSSR count). The van der Waals surface area contributed by atoms with Crippen LogP contribution in [0.15, 0.2) is 57.3 Å². The molecule has 0 atom stereocenters. The zero-order chi connectivity index (χ0) is 26.8. The highest BCUT2D eigenvalue weighted by molar-refractivity contribution is 7.89. The van der Waals surface area contributed by atoms with E-state index in [9.17, 15) is 18.0 Å². The average molecular weight is 487 g/mol. The van der Waals surface area contributed by atoms with Gasteiger partial charge in [-0.3, -0.25) is 23.3 Å². The quantitative estimate of drug-likeness (QED) is 0.407. The molecule has 0 spiro atoms. The second kappa shape index (κ2) is 7.77. The van der Waals surface area contributed by atoms with Gasteiger partial charge in [-0.1, -0.05) is 0 Å². The summed E-state index contributed by atoms with van der Waals surface area (Å²) in [5, 5.41) is 8.40. The summed E-state index contributed by atoms with van der Waals surface area (Å²) in [7, 11) is -0.818. The van der Waals surface area contributed by atoms with Gasteiger partial charge in [0.15, 0.2) is 0 Å². The lowest BCUT2D eigenvalue weighted by atomic mass is 10.2. The van der Waals surface area contributed by atoms with Gasteiger partial charge in [0.25, 0.3) is 5.56 Å². The van der Waals surface area contributed by atoms with Gasteiger partial charge in [0.05, 0.1) is 40.8 Å². The Morgan fingerprint density at radius 3 is 2.53 bits per heavy atom. The minimum absolute atomic E-state index is 0.000951. The number of nitrogens with one attached hydrogen (secondary N) is 1. The fourth-order valence-corrected chi connectivity index (χ4v) is 5.21. The van der Waals surface area contributed by atoms with Crippen LogP contribution in [0.5, 0.6) is 0 Å². The lowest BCUT2D eigenvalue weighted by Gasteiger charge is -2.15. The molecule has 1 fully saturated rings. The van der Waals surface area contributed by atoms with Crippen LogP contribution < -0.4 is 16.0 Å². The third-order valence-electron chi connectivity index (χ3n) is 5.77. The Balaban J connectivity index is 1.66. The molecule has 3 heterocycles. The maximum atomic E-state index is 13.5. The largest absolute Gasteiger partial charge is 0.332 e. The van der Waals surface area contributed by atoms with Crippen LogP contribution in [0.2, 0.25) is 0 Å². The van der Waals surface area contributed by atoms with Gasteiger partial charge >= 0.3 is 5.69 Å². The summed E-state index contributed by atoms with van der Waals surface area (Å²) >= 11 is 0. The fourth-order valence-electron chi connectivity index (χ4n) is 3.85. The first kappa shape index (κ1) is 18.9. The minimum Gasteiger partial charge on any atom is -0.287 e. The van der Waals surface area contributed by atoms with Crippen LogP contribution in [0.3, 0.4) is 0 Å². The van der Waals surface area contributed by atoms with Crippen LogP contribution in [-0.2, 0) is 37.2 Å². The predicted molar refractivity (Wildman–Crippen MR) is 125 cm³/mol. The highest BCUT2D eigenvalue weighted by Gasteiger charge is 2.41. The zero-order valence-electron chi connectivity index (χ0n) is 21.6. The fraction of sp³-hybridized carbons (Fsp3) is 0.364. The molecule has 178 valence electrons. The van der Waals surface area contributed by atoms with E-state index in [0.29, 0.717) is 11.3 Å². The number of rotatable bonds is 7. The summed E-state index contributed by atoms with van der Waals surface area (Å²) in [5.74, 6) is 0. The second-order valence-corrected chi connectivity index (χ2v) is 10.3. The van der Waals surface area contributed by atoms with Gasteiger partial charge in [0.1, 0.15) is 0 Å². The normalized spacial score (nSPS) is 16.8. The van der Waals surface area contributed by atoms with Crippen LogP contribution in [0.25, 0.3) is 10.9 Å². The van der Waals surface area contributed by atoms with Crippen LogP contribution in [0.1, 0.15) is 35.1 Å². The first-order valence-electron chi connectivity index (χ1n) is 12.1. The Labute approximate surface area is 199 Å². The molecule has 0 amide bonds. The van der Waals surface area contributed by atoms with Gasteiger partial charge in [-0.25, -0.2) is 17.9 Å². The van der Waals surface area contributed by atoms with Crippen molar-refractivity contribution in [2.45, 2.75) is 43.2 Å². The maximum Gasteiger partial charge on any atom is 0.332 e. The van der Waals surface area contributed by atoms with Crippen LogP contribution in [-0.4, -0.2) is 42.7 Å². The lowest BCUT2D eigenvalue weighted by molar-refractivity contribution is 0.558. The third kappa shape index (κ3) is 4.10. The SMILES string of the molecule is [2H]C([2H])([2H])C1(NS(=O)(=O)c2ccc3c(c2)c(=O)n(Cc2cnn(C)c2)c(=O)n3Cc2ccn(C)n2)CC1. The number of benzene rings is 1. The van der Waals surface area contributed by atoms with E-state index < -0.39 is 33.7 Å². The van der Waals surface area contributed by atoms with Crippen molar-refractivity contribution >= 4 is 20.9 Å². The molecule has 0 aliphatic heterocycles. The molecular formula is C22H25N7O4S. The number of sulfonamides is 1. The molecule has 1 aliphatic rings. The molecule has 1 aromatic carbocycles. The third-order valence-corrected chi connectivity index (χ3v) is 7.31. The molecule has 0 bridgehead atoms. The van der Waals surface area contributed by atoms with E-state index in [1.807, 2.05) is 0 Å². The van der Waals surface area contributed by atoms with Crippen molar-refractivity contribution in [3.8, 4) is 0 Å². The number of nitrogens with zero attached hydrogens (tertiary/aromatic N) is 6. The first-order chi connectivity index (χ1) is 17.3. The van der Waals surface area contributed by atoms with Crippen molar-refractivity contribution in [1.29, 1.82) is 0 Å². The van der Waals surface area contributed by atoms with E-state index in [1.165, 1.54) is 29.0 Å². The highest BCUT2D eigenvalue weighted by atomic mass is 32.2. The molecule has 0 radical (unpaired) electrons. The van der Waals surface area contributed by atoms with Crippen LogP contribution in [0, 0.1) is 0 Å². The van der Waals surface area contributed by atoms with Gasteiger partial charge in [0.2, 0.25) is 10.0 Å². The Bertz CT molecular complexity index is 1740. The van der Waals surface area contributed by atoms with Gasteiger partial charge < -0.3 is 0 Å². The molecule has 34 heavy (non-hydrogen) atoms. The lowest BCUT2D eigenvalue weighted by Crippen LogP contribution is -2.40. The van der Waals surface area contributed by atoms with Gasteiger partial charge in [-0.2, -0.15) is 10.2 Å². The number of aromatic nitrogens is 6. The summed E-state index contributed by atoms with van der Waals surface area (Å²) in [6.45, 7) is -2.52. The molecule has 0 unspecified atom stereocenters. The Morgan fingerprint density at radius 2 is 1.91 bits per heavy atom. The second-order valence-electron chi connectivity index (χ2n) is 8.63. The van der Waals surface area contributed by atoms with E-state index in [0.717, 1.165) is 4.57 Å². The van der Waals surface area contributed by atoms with Crippen molar-refractivity contribution < 1.29 is 12.5 Å². The smallest absolute Gasteiger partial charge is 0.287 e. The molecule has 11 nitrogen and oxygen atoms in total. The molecule has 12 heteroatoms. The van der Waals surface area contributed by atoms with E-state index in [4.69, 9.17) is 4.11 Å². The summed E-state index contributed by atoms with van der Waals surface area (Å²) in [4.78, 5) is 26.7. The van der Waals surface area contributed by atoms with E-state index in [-0.39, 0.29) is 41.7 Å². The minimum atomic E-state index is -4.27. The van der Waals surface area contributed by atoms with Crippen LogP contribution >= 0.6 is 0 Å². The summed E-state index contributed by atoms with van der Waals surface area (Å²) in [6, 6.07) is 5.57. The number of fused-ring (bicyclic) bond motifs is 1. The number of hydrogen-bond acceptors (Lipinski definition) is 6. The molecule has 1 aliphatic carbocycles. The zero-order valence-corrected chi connectivity index (χ0v) is 19.4. The summed E-state index contributed by atoms with van der Waals surface area (Å²) in [6.07, 6.45) is 5.32. The standard InChI is InChI=1S/C22H25N7O4S/c1-22(7-8-22)25-34(32,33)17-4-5-19-18(10-17)20(30)29(13-15-11-23-27(3)12-15)21(31)28(19)14-16-6-9-26(2)24-16/h4-6,9-12,25H,7-8,13-14H2,1-3H3/i1D3. The van der Waals surface area contributed by atoms with E-state index in [1.54, 1.807) is 41.9 Å². The molecular weight excluding hydrogens is 458 g/mol. The van der Waals surface area contributed by atoms with Crippen molar-refractivity contribution in [3.05, 3.63) is 75.0 Å². The molecule has 0 saturated heterocycles. The monoisotopic (exact) mass is 486 g/mol. The summed E-state index contributed by atoms with van der Waals surface area (Å²) in [5.41, 5.74) is -1.35. The Kier molecular flexibility index (Phi) is 4.31. The molecule has 3 aromatic heterocycles. The number of hydrogen-bond donors (Lipinski definition) is 1. The molecule has 4 aromatic rings. The summed E-state index contributed by atoms with van der Waals surface area (Å²) < 4.78 is 57.2. The van der Waals surface area contributed by atoms with Crippen molar-refractivity contribution in [3.63, 3.8) is 0 Å². The Morgan fingerprint density at radius 1 is 1.12 bits per heavy atom. The first-order valence-corrected chi connectivity index (χ1v) is 12.1. The van der Waals surface area contributed by atoms with Crippen molar-refractivity contribution in [1.82, 2.24) is 33.4 Å². The van der Waals surface area contributed by atoms with Gasteiger partial charge in [0, 0.05) is 41.7 Å². The highest BCUT2D eigenvalue weighted by Crippen LogP contribution is 2.36. The van der Waals surface area contributed by atoms with Crippen molar-refractivity contribution in [2.75, 3.05) is 0 Å². The maximum absolute atomic E-state index is 13.5. The van der Waals surface area contributed by atoms with E-state index >= 15 is 0 Å².